The zero-order chi connectivity index (χ0) is 10.6. The third-order valence-electron chi connectivity index (χ3n) is 2.57. The number of ether oxygens (including phenoxy) is 1. The van der Waals surface area contributed by atoms with Gasteiger partial charge in [-0.2, -0.15) is 0 Å². The summed E-state index contributed by atoms with van der Waals surface area (Å²) in [6, 6.07) is -0.284. The second-order valence-electron chi connectivity index (χ2n) is 3.47. The highest BCUT2D eigenvalue weighted by Crippen LogP contribution is 2.24. The maximum atomic E-state index is 10.9. The summed E-state index contributed by atoms with van der Waals surface area (Å²) in [6.07, 6.45) is 2.66. The quantitative estimate of drug-likeness (QED) is 0.698. The second-order valence-corrected chi connectivity index (χ2v) is 3.47. The Kier molecular flexibility index (Phi) is 3.73. The number of hydrogen-bond acceptors (Lipinski definition) is 3. The van der Waals surface area contributed by atoms with Crippen molar-refractivity contribution in [1.82, 2.24) is 5.32 Å². The van der Waals surface area contributed by atoms with Crippen LogP contribution >= 0.6 is 0 Å². The van der Waals surface area contributed by atoms with Crippen molar-refractivity contribution in [2.75, 3.05) is 7.11 Å². The number of alkyl carbamates (subject to hydrolysis) is 1. The Morgan fingerprint density at radius 1 is 1.36 bits per heavy atom. The van der Waals surface area contributed by atoms with Gasteiger partial charge in [0.2, 0.25) is 0 Å². The van der Waals surface area contributed by atoms with Gasteiger partial charge < -0.3 is 15.2 Å². The van der Waals surface area contributed by atoms with Crippen LogP contribution in [0.5, 0.6) is 0 Å². The Balaban J connectivity index is 2.54. The van der Waals surface area contributed by atoms with Crippen LogP contribution in [0.15, 0.2) is 0 Å². The third kappa shape index (κ3) is 2.61. The number of methoxy groups -OCH3 is 1. The highest BCUT2D eigenvalue weighted by atomic mass is 16.5. The van der Waals surface area contributed by atoms with E-state index in [0.29, 0.717) is 12.8 Å². The topological polar surface area (TPSA) is 75.6 Å². The van der Waals surface area contributed by atoms with Gasteiger partial charge in [-0.25, -0.2) is 4.79 Å². The summed E-state index contributed by atoms with van der Waals surface area (Å²) in [5.41, 5.74) is 0. The van der Waals surface area contributed by atoms with Crippen molar-refractivity contribution in [3.63, 3.8) is 0 Å². The molecule has 5 heteroatoms. The van der Waals surface area contributed by atoms with Crippen molar-refractivity contribution in [3.8, 4) is 0 Å². The molecule has 1 rings (SSSR count). The van der Waals surface area contributed by atoms with E-state index in [1.807, 2.05) is 0 Å². The second kappa shape index (κ2) is 4.83. The first-order valence-corrected chi connectivity index (χ1v) is 4.72. The van der Waals surface area contributed by atoms with Gasteiger partial charge in [0, 0.05) is 6.04 Å². The van der Waals surface area contributed by atoms with E-state index >= 15 is 0 Å². The van der Waals surface area contributed by atoms with Gasteiger partial charge in [-0.15, -0.1) is 0 Å². The Bertz CT molecular complexity index is 229. The summed E-state index contributed by atoms with van der Waals surface area (Å²) in [4.78, 5) is 21.8. The normalized spacial score (nSPS) is 26.6. The van der Waals surface area contributed by atoms with Crippen LogP contribution in [-0.4, -0.2) is 30.3 Å². The van der Waals surface area contributed by atoms with Gasteiger partial charge in [0.1, 0.15) is 0 Å². The van der Waals surface area contributed by atoms with Gasteiger partial charge in [0.15, 0.2) is 0 Å². The van der Waals surface area contributed by atoms with Crippen LogP contribution in [-0.2, 0) is 9.53 Å². The molecule has 0 unspecified atom stereocenters. The highest BCUT2D eigenvalue weighted by molar-refractivity contribution is 5.73. The van der Waals surface area contributed by atoms with E-state index in [1.165, 1.54) is 7.11 Å². The van der Waals surface area contributed by atoms with E-state index in [0.717, 1.165) is 12.8 Å². The molecule has 1 saturated carbocycles. The Hall–Kier alpha value is -1.26. The van der Waals surface area contributed by atoms with E-state index in [9.17, 15) is 9.59 Å². The standard InChI is InChI=1S/C9H15NO4/c1-14-9(13)10-7-5-3-2-4-6(7)8(11)12/h6-7H,2-5H2,1H3,(H,10,13)(H,11,12)/t6-,7-/m1/s1. The molecule has 2 N–H and O–H groups in total. The predicted octanol–water partition coefficient (Wildman–Crippen LogP) is 0.986. The molecule has 0 aromatic rings. The van der Waals surface area contributed by atoms with Crippen molar-refractivity contribution >= 4 is 12.1 Å². The van der Waals surface area contributed by atoms with Gasteiger partial charge in [-0.3, -0.25) is 4.79 Å². The fourth-order valence-electron chi connectivity index (χ4n) is 1.81. The van der Waals surface area contributed by atoms with Crippen molar-refractivity contribution in [2.45, 2.75) is 31.7 Å². The Morgan fingerprint density at radius 3 is 2.57 bits per heavy atom. The van der Waals surface area contributed by atoms with Crippen LogP contribution in [0.4, 0.5) is 4.79 Å². The summed E-state index contributed by atoms with van der Waals surface area (Å²) in [5, 5.41) is 11.5. The van der Waals surface area contributed by atoms with E-state index in [4.69, 9.17) is 5.11 Å². The molecular weight excluding hydrogens is 186 g/mol. The number of carboxylic acids is 1. The number of amides is 1. The maximum Gasteiger partial charge on any atom is 0.407 e. The minimum Gasteiger partial charge on any atom is -0.481 e. The lowest BCUT2D eigenvalue weighted by Gasteiger charge is -2.28. The van der Waals surface area contributed by atoms with Gasteiger partial charge in [-0.05, 0) is 12.8 Å². The van der Waals surface area contributed by atoms with Crippen LogP contribution in [0.25, 0.3) is 0 Å². The molecular formula is C9H15NO4. The highest BCUT2D eigenvalue weighted by Gasteiger charge is 2.31. The molecule has 1 aliphatic carbocycles. The summed E-state index contributed by atoms with van der Waals surface area (Å²) in [5.74, 6) is -1.31. The molecule has 80 valence electrons. The molecule has 1 aliphatic rings. The minimum atomic E-state index is -0.842. The Morgan fingerprint density at radius 2 is 2.00 bits per heavy atom. The van der Waals surface area contributed by atoms with Crippen molar-refractivity contribution in [2.24, 2.45) is 5.92 Å². The number of hydrogen-bond donors (Lipinski definition) is 2. The lowest BCUT2D eigenvalue weighted by Crippen LogP contribution is -2.45. The van der Waals surface area contributed by atoms with Crippen molar-refractivity contribution in [3.05, 3.63) is 0 Å². The number of aliphatic carboxylic acids is 1. The predicted molar refractivity (Wildman–Crippen MR) is 48.9 cm³/mol. The molecule has 0 heterocycles. The largest absolute Gasteiger partial charge is 0.481 e. The number of carboxylic acid groups (broad SMARTS) is 1. The molecule has 0 saturated heterocycles. The number of carbonyl (C=O) groups excluding carboxylic acids is 1. The minimum absolute atomic E-state index is 0.284. The van der Waals surface area contributed by atoms with E-state index < -0.39 is 18.0 Å². The first-order valence-electron chi connectivity index (χ1n) is 4.72. The Labute approximate surface area is 82.4 Å². The van der Waals surface area contributed by atoms with Gasteiger partial charge in [0.05, 0.1) is 13.0 Å². The van der Waals surface area contributed by atoms with Crippen LogP contribution in [0.2, 0.25) is 0 Å². The summed E-state index contributed by atoms with van der Waals surface area (Å²) in [7, 11) is 1.27. The van der Waals surface area contributed by atoms with Crippen molar-refractivity contribution in [1.29, 1.82) is 0 Å². The molecule has 0 bridgehead atoms. The van der Waals surface area contributed by atoms with E-state index in [-0.39, 0.29) is 6.04 Å². The van der Waals surface area contributed by atoms with Gasteiger partial charge in [-0.1, -0.05) is 12.8 Å². The van der Waals surface area contributed by atoms with E-state index in [1.54, 1.807) is 0 Å². The lowest BCUT2D eigenvalue weighted by molar-refractivity contribution is -0.143. The number of nitrogens with one attached hydrogen (secondary N) is 1. The molecule has 0 aromatic carbocycles. The summed E-state index contributed by atoms with van der Waals surface area (Å²) in [6.45, 7) is 0. The van der Waals surface area contributed by atoms with Crippen LogP contribution < -0.4 is 5.32 Å². The van der Waals surface area contributed by atoms with Crippen LogP contribution in [0.3, 0.4) is 0 Å². The molecule has 1 amide bonds. The summed E-state index contributed by atoms with van der Waals surface area (Å²) >= 11 is 0. The third-order valence-corrected chi connectivity index (χ3v) is 2.57. The number of rotatable bonds is 2. The maximum absolute atomic E-state index is 10.9. The molecule has 1 fully saturated rings. The molecule has 5 nitrogen and oxygen atoms in total. The average Bonchev–Trinajstić information content (AvgIpc) is 2.18. The molecule has 2 atom stereocenters. The average molecular weight is 201 g/mol. The van der Waals surface area contributed by atoms with Gasteiger partial charge >= 0.3 is 12.1 Å². The first-order chi connectivity index (χ1) is 6.65. The lowest BCUT2D eigenvalue weighted by atomic mass is 9.85. The van der Waals surface area contributed by atoms with Gasteiger partial charge in [0.25, 0.3) is 0 Å². The first kappa shape index (κ1) is 10.8. The summed E-state index contributed by atoms with van der Waals surface area (Å²) < 4.78 is 4.44. The molecule has 14 heavy (non-hydrogen) atoms. The zero-order valence-corrected chi connectivity index (χ0v) is 8.16. The number of carbonyl (C=O) groups is 2. The molecule has 0 radical (unpaired) electrons. The van der Waals surface area contributed by atoms with E-state index in [2.05, 4.69) is 10.1 Å². The zero-order valence-electron chi connectivity index (χ0n) is 8.16. The SMILES string of the molecule is COC(=O)N[C@@H]1CCCC[C@H]1C(=O)O. The molecule has 0 aromatic heterocycles. The monoisotopic (exact) mass is 201 g/mol. The smallest absolute Gasteiger partial charge is 0.407 e. The molecule has 0 aliphatic heterocycles. The van der Waals surface area contributed by atoms with Crippen molar-refractivity contribution < 1.29 is 19.4 Å². The van der Waals surface area contributed by atoms with Crippen LogP contribution in [0, 0.1) is 5.92 Å². The fraction of sp³-hybridized carbons (Fsp3) is 0.778. The fourth-order valence-corrected chi connectivity index (χ4v) is 1.81. The van der Waals surface area contributed by atoms with Crippen LogP contribution in [0.1, 0.15) is 25.7 Å². The molecule has 0 spiro atoms.